The minimum Gasteiger partial charge on any atom is -0.326 e. The number of anilines is 1. The van der Waals surface area contributed by atoms with Crippen molar-refractivity contribution in [3.63, 3.8) is 0 Å². The number of tetrazole rings is 1. The highest BCUT2D eigenvalue weighted by molar-refractivity contribution is 7.89. The molecule has 0 spiro atoms. The van der Waals surface area contributed by atoms with Crippen LogP contribution < -0.4 is 5.32 Å². The number of carbonyl (C=O) groups is 1. The Balaban J connectivity index is 1.43. The van der Waals surface area contributed by atoms with Crippen molar-refractivity contribution in [1.82, 2.24) is 24.5 Å². The summed E-state index contributed by atoms with van der Waals surface area (Å²) in [6, 6.07) is 12.0. The molecule has 0 radical (unpaired) electrons. The molecule has 4 rings (SSSR count). The molecule has 33 heavy (non-hydrogen) atoms. The van der Waals surface area contributed by atoms with E-state index in [1.807, 2.05) is 6.07 Å². The third-order valence-electron chi connectivity index (χ3n) is 5.52. The van der Waals surface area contributed by atoms with Gasteiger partial charge in [0.25, 0.3) is 0 Å². The lowest BCUT2D eigenvalue weighted by Gasteiger charge is -2.30. The number of amides is 1. The van der Waals surface area contributed by atoms with E-state index >= 15 is 0 Å². The molecule has 12 heteroatoms. The maximum Gasteiger partial charge on any atom is 0.244 e. The molecule has 1 saturated heterocycles. The Morgan fingerprint density at radius 3 is 2.61 bits per heavy atom. The van der Waals surface area contributed by atoms with Gasteiger partial charge in [0.2, 0.25) is 15.9 Å². The average Bonchev–Trinajstić information content (AvgIpc) is 3.25. The molecule has 1 aromatic heterocycles. The van der Waals surface area contributed by atoms with Crippen LogP contribution in [0.5, 0.6) is 0 Å². The lowest BCUT2D eigenvalue weighted by molar-refractivity contribution is -0.120. The first-order chi connectivity index (χ1) is 15.8. The maximum atomic E-state index is 14.2. The van der Waals surface area contributed by atoms with Crippen LogP contribution in [-0.2, 0) is 14.8 Å². The monoisotopic (exact) mass is 469 g/mol. The molecular formula is C21H20FN7O3S. The number of carbonyl (C=O) groups excluding carboxylic acids is 1. The highest BCUT2D eigenvalue weighted by atomic mass is 32.2. The molecule has 1 N–H and O–H groups in total. The lowest BCUT2D eigenvalue weighted by Crippen LogP contribution is -2.41. The van der Waals surface area contributed by atoms with Gasteiger partial charge in [-0.25, -0.2) is 12.8 Å². The smallest absolute Gasteiger partial charge is 0.244 e. The molecule has 1 amide bonds. The summed E-state index contributed by atoms with van der Waals surface area (Å²) in [5, 5.41) is 23.0. The van der Waals surface area contributed by atoms with Crippen LogP contribution in [0.3, 0.4) is 0 Å². The zero-order chi connectivity index (χ0) is 23.6. The standard InChI is InChI=1S/C21H20FN7O3S/c1-14-25-26-27-29(14)19-12-17(6-7-18(19)22)24-21(30)15-8-10-28(11-9-15)33(31,32)20-5-3-2-4-16(20)13-23/h2-7,12,15H,8-11H2,1H3,(H,24,30). The van der Waals surface area contributed by atoms with Gasteiger partial charge >= 0.3 is 0 Å². The molecule has 1 fully saturated rings. The van der Waals surface area contributed by atoms with E-state index in [1.54, 1.807) is 19.1 Å². The van der Waals surface area contributed by atoms with Crippen molar-refractivity contribution in [2.45, 2.75) is 24.7 Å². The van der Waals surface area contributed by atoms with Gasteiger partial charge < -0.3 is 5.32 Å². The van der Waals surface area contributed by atoms with E-state index < -0.39 is 21.8 Å². The fourth-order valence-corrected chi connectivity index (χ4v) is 5.34. The summed E-state index contributed by atoms with van der Waals surface area (Å²) in [4.78, 5) is 12.7. The second-order valence-electron chi connectivity index (χ2n) is 7.58. The number of piperidine rings is 1. The van der Waals surface area contributed by atoms with Crippen molar-refractivity contribution in [3.8, 4) is 11.8 Å². The normalized spacial score (nSPS) is 15.2. The van der Waals surface area contributed by atoms with Crippen molar-refractivity contribution in [1.29, 1.82) is 5.26 Å². The van der Waals surface area contributed by atoms with Crippen molar-refractivity contribution in [2.75, 3.05) is 18.4 Å². The molecule has 3 aromatic rings. The molecule has 0 saturated carbocycles. The molecule has 170 valence electrons. The van der Waals surface area contributed by atoms with Crippen LogP contribution in [-0.4, -0.2) is 51.9 Å². The number of nitrogens with one attached hydrogen (secondary N) is 1. The van der Waals surface area contributed by atoms with E-state index in [-0.39, 0.29) is 35.1 Å². The SMILES string of the molecule is Cc1nnnn1-c1cc(NC(=O)C2CCN(S(=O)(=O)c3ccccc3C#N)CC2)ccc1F. The molecule has 10 nitrogen and oxygen atoms in total. The van der Waals surface area contributed by atoms with Crippen molar-refractivity contribution in [3.05, 3.63) is 59.7 Å². The third-order valence-corrected chi connectivity index (χ3v) is 7.47. The molecule has 2 aromatic carbocycles. The van der Waals surface area contributed by atoms with Crippen molar-refractivity contribution < 1.29 is 17.6 Å². The first kappa shape index (κ1) is 22.5. The maximum absolute atomic E-state index is 14.2. The Kier molecular flexibility index (Phi) is 6.17. The summed E-state index contributed by atoms with van der Waals surface area (Å²) < 4.78 is 42.7. The van der Waals surface area contributed by atoms with Gasteiger partial charge in [-0.05, 0) is 60.5 Å². The van der Waals surface area contributed by atoms with Gasteiger partial charge in [-0.3, -0.25) is 4.79 Å². The number of hydrogen-bond acceptors (Lipinski definition) is 7. The van der Waals surface area contributed by atoms with Gasteiger partial charge in [0.05, 0.1) is 10.5 Å². The summed E-state index contributed by atoms with van der Waals surface area (Å²) in [5.74, 6) is -0.843. The quantitative estimate of drug-likeness (QED) is 0.604. The van der Waals surface area contributed by atoms with Gasteiger partial charge in [-0.15, -0.1) is 5.10 Å². The Bertz CT molecular complexity index is 1340. The number of benzene rings is 2. The summed E-state index contributed by atoms with van der Waals surface area (Å²) in [5.41, 5.74) is 0.568. The van der Waals surface area contributed by atoms with E-state index in [0.29, 0.717) is 24.4 Å². The molecule has 0 unspecified atom stereocenters. The van der Waals surface area contributed by atoms with E-state index in [2.05, 4.69) is 20.8 Å². The fraction of sp³-hybridized carbons (Fsp3) is 0.286. The number of rotatable bonds is 5. The molecule has 0 bridgehead atoms. The molecule has 1 aliphatic rings. The van der Waals surface area contributed by atoms with Gasteiger partial charge in [-0.1, -0.05) is 12.1 Å². The number of halogens is 1. The number of nitrogens with zero attached hydrogens (tertiary/aromatic N) is 6. The predicted octanol–water partition coefficient (Wildman–Crippen LogP) is 2.02. The second-order valence-corrected chi connectivity index (χ2v) is 9.49. The van der Waals surface area contributed by atoms with Crippen LogP contribution in [0.4, 0.5) is 10.1 Å². The summed E-state index contributed by atoms with van der Waals surface area (Å²) >= 11 is 0. The predicted molar refractivity (Wildman–Crippen MR) is 115 cm³/mol. The Hall–Kier alpha value is -3.69. The minimum absolute atomic E-state index is 0.0351. The molecule has 0 aliphatic carbocycles. The largest absolute Gasteiger partial charge is 0.326 e. The van der Waals surface area contributed by atoms with E-state index in [9.17, 15) is 22.9 Å². The number of sulfonamides is 1. The first-order valence-corrected chi connectivity index (χ1v) is 11.6. The third kappa shape index (κ3) is 4.46. The topological polar surface area (TPSA) is 134 Å². The number of hydrogen-bond donors (Lipinski definition) is 1. The van der Waals surface area contributed by atoms with Crippen molar-refractivity contribution >= 4 is 21.6 Å². The molecule has 2 heterocycles. The number of aryl methyl sites for hydroxylation is 1. The van der Waals surface area contributed by atoms with Crippen LogP contribution in [0, 0.1) is 30.0 Å². The first-order valence-electron chi connectivity index (χ1n) is 10.2. The molecular weight excluding hydrogens is 449 g/mol. The van der Waals surface area contributed by atoms with Gasteiger partial charge in [-0.2, -0.15) is 14.2 Å². The van der Waals surface area contributed by atoms with Gasteiger partial charge in [0.15, 0.2) is 5.82 Å². The highest BCUT2D eigenvalue weighted by Gasteiger charge is 2.33. The average molecular weight is 470 g/mol. The van der Waals surface area contributed by atoms with Crippen LogP contribution in [0.25, 0.3) is 5.69 Å². The van der Waals surface area contributed by atoms with E-state index in [1.165, 1.54) is 39.3 Å². The van der Waals surface area contributed by atoms with Gasteiger partial charge in [0, 0.05) is 24.7 Å². The Labute approximate surface area is 189 Å². The van der Waals surface area contributed by atoms with Crippen molar-refractivity contribution in [2.24, 2.45) is 5.92 Å². The van der Waals surface area contributed by atoms with Crippen LogP contribution in [0.2, 0.25) is 0 Å². The minimum atomic E-state index is -3.84. The highest BCUT2D eigenvalue weighted by Crippen LogP contribution is 2.27. The van der Waals surface area contributed by atoms with Crippen LogP contribution in [0.1, 0.15) is 24.2 Å². The van der Waals surface area contributed by atoms with Crippen LogP contribution >= 0.6 is 0 Å². The van der Waals surface area contributed by atoms with Gasteiger partial charge in [0.1, 0.15) is 17.6 Å². The zero-order valence-corrected chi connectivity index (χ0v) is 18.5. The van der Waals surface area contributed by atoms with E-state index in [0.717, 1.165) is 0 Å². The molecule has 0 atom stereocenters. The summed E-state index contributed by atoms with van der Waals surface area (Å²) in [6.45, 7) is 1.93. The van der Waals surface area contributed by atoms with E-state index in [4.69, 9.17) is 0 Å². The van der Waals surface area contributed by atoms with Crippen LogP contribution in [0.15, 0.2) is 47.4 Å². The Morgan fingerprint density at radius 1 is 1.21 bits per heavy atom. The fourth-order valence-electron chi connectivity index (χ4n) is 3.73. The summed E-state index contributed by atoms with van der Waals surface area (Å²) in [7, 11) is -3.84. The zero-order valence-electron chi connectivity index (χ0n) is 17.6. The lowest BCUT2D eigenvalue weighted by atomic mass is 9.97. The number of nitriles is 1. The number of aromatic nitrogens is 4. The summed E-state index contributed by atoms with van der Waals surface area (Å²) in [6.07, 6.45) is 0.639. The Morgan fingerprint density at radius 2 is 1.94 bits per heavy atom. The molecule has 1 aliphatic heterocycles. The second kappa shape index (κ2) is 9.05.